The number of benzene rings is 1. The van der Waals surface area contributed by atoms with Crippen molar-refractivity contribution >= 4 is 53.1 Å². The zero-order valence-electron chi connectivity index (χ0n) is 18.5. The minimum absolute atomic E-state index is 0. The van der Waals surface area contributed by atoms with E-state index in [2.05, 4.69) is 15.3 Å². The lowest BCUT2D eigenvalue weighted by molar-refractivity contribution is -0.117. The number of carbonyl (C=O) groups excluding carboxylic acids is 1. The van der Waals surface area contributed by atoms with Crippen LogP contribution in [0.15, 0.2) is 30.3 Å². The molecule has 172 valence electrons. The summed E-state index contributed by atoms with van der Waals surface area (Å²) in [6.07, 6.45) is 6.99. The first kappa shape index (κ1) is 23.1. The first-order chi connectivity index (χ1) is 15.7. The van der Waals surface area contributed by atoms with Crippen molar-refractivity contribution in [3.05, 3.63) is 47.5 Å². The van der Waals surface area contributed by atoms with E-state index in [-0.39, 0.29) is 18.3 Å². The number of halogens is 1. The monoisotopic (exact) mass is 466 g/mol. The highest BCUT2D eigenvalue weighted by molar-refractivity contribution is 5.94. The molecule has 1 aromatic carbocycles. The highest BCUT2D eigenvalue weighted by Gasteiger charge is 2.24. The van der Waals surface area contributed by atoms with Crippen molar-refractivity contribution in [2.45, 2.75) is 38.6 Å². The van der Waals surface area contributed by atoms with E-state index in [0.717, 1.165) is 60.7 Å². The molecule has 1 amide bonds. The molecular formula is C24H27ClN6O2. The number of fused-ring (bicyclic) bond motifs is 1. The fourth-order valence-electron chi connectivity index (χ4n) is 4.09. The highest BCUT2D eigenvalue weighted by Crippen LogP contribution is 2.24. The summed E-state index contributed by atoms with van der Waals surface area (Å²) in [7, 11) is 0. The van der Waals surface area contributed by atoms with E-state index in [9.17, 15) is 4.79 Å². The Labute approximate surface area is 198 Å². The average molecular weight is 467 g/mol. The van der Waals surface area contributed by atoms with E-state index < -0.39 is 0 Å². The predicted molar refractivity (Wildman–Crippen MR) is 132 cm³/mol. The Morgan fingerprint density at radius 2 is 1.82 bits per heavy atom. The van der Waals surface area contributed by atoms with Crippen LogP contribution >= 0.6 is 12.4 Å². The maximum atomic E-state index is 12.3. The summed E-state index contributed by atoms with van der Waals surface area (Å²) in [6, 6.07) is 9.98. The smallest absolute Gasteiger partial charge is 0.228 e. The molecule has 0 unspecified atom stereocenters. The molecule has 8 nitrogen and oxygen atoms in total. The van der Waals surface area contributed by atoms with Gasteiger partial charge in [-0.3, -0.25) is 9.69 Å². The number of rotatable bonds is 5. The zero-order valence-corrected chi connectivity index (χ0v) is 19.3. The molecule has 0 atom stereocenters. The summed E-state index contributed by atoms with van der Waals surface area (Å²) in [5.74, 6) is 2.00. The van der Waals surface area contributed by atoms with Gasteiger partial charge in [0, 0.05) is 38.3 Å². The number of aryl methyl sites for hydroxylation is 1. The Hall–Kier alpha value is -3.10. The van der Waals surface area contributed by atoms with Crippen LogP contribution in [0.4, 0.5) is 11.6 Å². The van der Waals surface area contributed by atoms with Crippen LogP contribution in [0, 0.1) is 6.92 Å². The van der Waals surface area contributed by atoms with E-state index >= 15 is 0 Å². The predicted octanol–water partition coefficient (Wildman–Crippen LogP) is 4.04. The van der Waals surface area contributed by atoms with Crippen molar-refractivity contribution in [1.29, 1.82) is 0 Å². The minimum atomic E-state index is 0. The lowest BCUT2D eigenvalue weighted by atomic mass is 10.1. The van der Waals surface area contributed by atoms with Gasteiger partial charge in [-0.05, 0) is 50.5 Å². The largest absolute Gasteiger partial charge is 0.381 e. The quantitative estimate of drug-likeness (QED) is 0.606. The fraction of sp³-hybridized carbons (Fsp3) is 0.375. The summed E-state index contributed by atoms with van der Waals surface area (Å²) in [5.41, 5.74) is 3.33. The summed E-state index contributed by atoms with van der Waals surface area (Å²) < 4.78 is 5.46. The van der Waals surface area contributed by atoms with E-state index in [4.69, 9.17) is 14.7 Å². The molecule has 2 aromatic heterocycles. The Morgan fingerprint density at radius 3 is 2.55 bits per heavy atom. The molecule has 5 rings (SSSR count). The molecule has 2 aliphatic heterocycles. The van der Waals surface area contributed by atoms with E-state index in [1.54, 1.807) is 4.90 Å². The summed E-state index contributed by atoms with van der Waals surface area (Å²) >= 11 is 0. The number of anilines is 2. The van der Waals surface area contributed by atoms with Crippen LogP contribution in [0.3, 0.4) is 0 Å². The molecule has 4 heterocycles. The van der Waals surface area contributed by atoms with Crippen LogP contribution in [0.5, 0.6) is 0 Å². The van der Waals surface area contributed by atoms with Gasteiger partial charge in [0.15, 0.2) is 5.82 Å². The molecule has 2 aliphatic rings. The molecule has 0 spiro atoms. The SMILES string of the molecule is Cc1nc2ccccc2nc1C=Cc1nc(NC2CCOCC2)cc(N2CCCC2=O)n1.Cl. The van der Waals surface area contributed by atoms with Gasteiger partial charge in [0.25, 0.3) is 0 Å². The minimum Gasteiger partial charge on any atom is -0.381 e. The van der Waals surface area contributed by atoms with Crippen molar-refractivity contribution in [2.75, 3.05) is 30.0 Å². The number of aromatic nitrogens is 4. The number of hydrogen-bond acceptors (Lipinski definition) is 7. The molecule has 1 N–H and O–H groups in total. The van der Waals surface area contributed by atoms with Crippen LogP contribution in [0.1, 0.15) is 42.9 Å². The van der Waals surface area contributed by atoms with Crippen LogP contribution in [0.2, 0.25) is 0 Å². The Bertz CT molecular complexity index is 1180. The third-order valence-electron chi connectivity index (χ3n) is 5.82. The highest BCUT2D eigenvalue weighted by atomic mass is 35.5. The number of amides is 1. The Morgan fingerprint density at radius 1 is 1.06 bits per heavy atom. The van der Waals surface area contributed by atoms with Gasteiger partial charge in [-0.15, -0.1) is 12.4 Å². The van der Waals surface area contributed by atoms with Crippen molar-refractivity contribution in [3.8, 4) is 0 Å². The molecule has 0 aliphatic carbocycles. The van der Waals surface area contributed by atoms with Crippen LogP contribution < -0.4 is 10.2 Å². The second-order valence-corrected chi connectivity index (χ2v) is 8.17. The third-order valence-corrected chi connectivity index (χ3v) is 5.82. The third kappa shape index (κ3) is 5.29. The van der Waals surface area contributed by atoms with Gasteiger partial charge in [-0.25, -0.2) is 19.9 Å². The molecule has 33 heavy (non-hydrogen) atoms. The second-order valence-electron chi connectivity index (χ2n) is 8.17. The number of nitrogens with zero attached hydrogens (tertiary/aromatic N) is 5. The van der Waals surface area contributed by atoms with Crippen molar-refractivity contribution in [2.24, 2.45) is 0 Å². The molecule has 2 saturated heterocycles. The number of carbonyl (C=O) groups is 1. The topological polar surface area (TPSA) is 93.1 Å². The molecule has 3 aromatic rings. The van der Waals surface area contributed by atoms with Crippen LogP contribution in [0.25, 0.3) is 23.2 Å². The lowest BCUT2D eigenvalue weighted by Crippen LogP contribution is -2.29. The normalized spacial score (nSPS) is 17.0. The fourth-order valence-corrected chi connectivity index (χ4v) is 4.09. The van der Waals surface area contributed by atoms with Crippen LogP contribution in [-0.4, -0.2) is 51.6 Å². The number of hydrogen-bond donors (Lipinski definition) is 1. The van der Waals surface area contributed by atoms with Gasteiger partial charge in [0.05, 0.1) is 22.4 Å². The molecule has 0 radical (unpaired) electrons. The molecular weight excluding hydrogens is 440 g/mol. The maximum Gasteiger partial charge on any atom is 0.228 e. The van der Waals surface area contributed by atoms with Gasteiger partial charge in [-0.1, -0.05) is 12.1 Å². The molecule has 0 bridgehead atoms. The number of ether oxygens (including phenoxy) is 1. The summed E-state index contributed by atoms with van der Waals surface area (Å²) in [4.78, 5) is 32.8. The Balaban J connectivity index is 0.00000259. The molecule has 2 fully saturated rings. The molecule has 0 saturated carbocycles. The number of nitrogens with one attached hydrogen (secondary N) is 1. The second kappa shape index (κ2) is 10.2. The van der Waals surface area contributed by atoms with E-state index in [0.29, 0.717) is 30.6 Å². The first-order valence-electron chi connectivity index (χ1n) is 11.1. The van der Waals surface area contributed by atoms with Crippen molar-refractivity contribution < 1.29 is 9.53 Å². The van der Waals surface area contributed by atoms with Crippen molar-refractivity contribution in [3.63, 3.8) is 0 Å². The summed E-state index contributed by atoms with van der Waals surface area (Å²) in [6.45, 7) is 4.11. The Kier molecular flexibility index (Phi) is 7.15. The van der Waals surface area contributed by atoms with Gasteiger partial charge in [-0.2, -0.15) is 0 Å². The standard InChI is InChI=1S/C24H26N6O2.ClH/c1-16-18(27-20-6-3-2-5-19(20)25-16)8-9-21-28-22(26-17-10-13-32-14-11-17)15-23(29-21)30-12-4-7-24(30)31;/h2-3,5-6,8-9,15,17H,4,7,10-14H2,1H3,(H,26,28,29);1H. The molecule has 9 heteroatoms. The zero-order chi connectivity index (χ0) is 21.9. The van der Waals surface area contributed by atoms with Gasteiger partial charge >= 0.3 is 0 Å². The van der Waals surface area contributed by atoms with Gasteiger partial charge in [0.1, 0.15) is 11.6 Å². The van der Waals surface area contributed by atoms with Crippen molar-refractivity contribution in [1.82, 2.24) is 19.9 Å². The number of para-hydroxylation sites is 2. The average Bonchev–Trinajstić information content (AvgIpc) is 3.24. The van der Waals surface area contributed by atoms with E-state index in [1.807, 2.05) is 49.4 Å². The van der Waals surface area contributed by atoms with Crippen LogP contribution in [-0.2, 0) is 9.53 Å². The maximum absolute atomic E-state index is 12.3. The first-order valence-corrected chi connectivity index (χ1v) is 11.1. The van der Waals surface area contributed by atoms with Gasteiger partial charge in [0.2, 0.25) is 5.91 Å². The summed E-state index contributed by atoms with van der Waals surface area (Å²) in [5, 5.41) is 3.50. The van der Waals surface area contributed by atoms with E-state index in [1.165, 1.54) is 0 Å². The lowest BCUT2D eigenvalue weighted by Gasteiger charge is -2.24. The van der Waals surface area contributed by atoms with Gasteiger partial charge < -0.3 is 10.1 Å².